The first kappa shape index (κ1) is 22.5. The van der Waals surface area contributed by atoms with Crippen molar-refractivity contribution in [2.75, 3.05) is 20.1 Å². The van der Waals surface area contributed by atoms with Crippen LogP contribution < -0.4 is 0 Å². The number of hydrogen-bond acceptors (Lipinski definition) is 3. The molecule has 4 unspecified atom stereocenters. The van der Waals surface area contributed by atoms with E-state index >= 15 is 0 Å². The average molecular weight is 429 g/mol. The number of imide groups is 1. The number of allylic oxidation sites excluding steroid dienone is 1. The van der Waals surface area contributed by atoms with Gasteiger partial charge in [0.2, 0.25) is 5.91 Å². The van der Waals surface area contributed by atoms with E-state index in [-0.39, 0.29) is 28.7 Å². The number of urea groups is 1. The van der Waals surface area contributed by atoms with E-state index < -0.39 is 0 Å². The molecule has 4 rings (SSSR count). The number of hydrogen-bond donors (Lipinski definition) is 0. The fraction of sp³-hybridized carbons (Fsp3) is 0.808. The van der Waals surface area contributed by atoms with Crippen LogP contribution in [0.4, 0.5) is 4.79 Å². The topological polar surface area (TPSA) is 57.7 Å². The van der Waals surface area contributed by atoms with Crippen molar-refractivity contribution in [3.05, 3.63) is 11.6 Å². The first-order valence-electron chi connectivity index (χ1n) is 12.5. The molecule has 5 heteroatoms. The Morgan fingerprint density at radius 2 is 1.71 bits per heavy atom. The molecule has 172 valence electrons. The number of carbonyl (C=O) groups excluding carboxylic acids is 3. The standard InChI is InChI=1S/C26H40N2O3/c1-6-28(7-2)24(31)27(5)23(30)22-11-10-20-19-9-8-17-16-18(29)12-14-25(17,3)21(19)13-15-26(20,22)4/h16,19-22H,6-15H2,1-5H3/t19?,20?,21?,22?,25-,26-/m0/s1. The minimum Gasteiger partial charge on any atom is -0.325 e. The van der Waals surface area contributed by atoms with Gasteiger partial charge in [-0.3, -0.25) is 14.5 Å². The van der Waals surface area contributed by atoms with Crippen molar-refractivity contribution in [1.82, 2.24) is 9.80 Å². The predicted octanol–water partition coefficient (Wildman–Crippen LogP) is 5.05. The molecular formula is C26H40N2O3. The van der Waals surface area contributed by atoms with Crippen molar-refractivity contribution in [1.29, 1.82) is 0 Å². The third-order valence-electron chi connectivity index (χ3n) is 9.91. The lowest BCUT2D eigenvalue weighted by atomic mass is 9.47. The first-order valence-corrected chi connectivity index (χ1v) is 12.5. The summed E-state index contributed by atoms with van der Waals surface area (Å²) < 4.78 is 0. The fourth-order valence-corrected chi connectivity index (χ4v) is 8.00. The Labute approximate surface area is 187 Å². The van der Waals surface area contributed by atoms with Gasteiger partial charge in [-0.2, -0.15) is 0 Å². The van der Waals surface area contributed by atoms with Gasteiger partial charge in [0.1, 0.15) is 0 Å². The number of nitrogens with zero attached hydrogens (tertiary/aromatic N) is 2. The van der Waals surface area contributed by atoms with Crippen molar-refractivity contribution < 1.29 is 14.4 Å². The molecular weight excluding hydrogens is 388 g/mol. The molecule has 0 heterocycles. The van der Waals surface area contributed by atoms with Gasteiger partial charge in [0.25, 0.3) is 0 Å². The Balaban J connectivity index is 1.55. The Morgan fingerprint density at radius 1 is 1.00 bits per heavy atom. The first-order chi connectivity index (χ1) is 14.7. The summed E-state index contributed by atoms with van der Waals surface area (Å²) in [6.45, 7) is 9.89. The van der Waals surface area contributed by atoms with Crippen molar-refractivity contribution in [3.8, 4) is 0 Å². The summed E-state index contributed by atoms with van der Waals surface area (Å²) in [5.74, 6) is 2.08. The van der Waals surface area contributed by atoms with Crippen LogP contribution in [0.25, 0.3) is 0 Å². The van der Waals surface area contributed by atoms with Gasteiger partial charge >= 0.3 is 6.03 Å². The third-order valence-corrected chi connectivity index (χ3v) is 9.91. The summed E-state index contributed by atoms with van der Waals surface area (Å²) in [5.41, 5.74) is 1.54. The van der Waals surface area contributed by atoms with Gasteiger partial charge in [-0.25, -0.2) is 4.79 Å². The van der Waals surface area contributed by atoms with E-state index in [1.54, 1.807) is 11.9 Å². The van der Waals surface area contributed by atoms with Crippen LogP contribution >= 0.6 is 0 Å². The molecule has 0 aromatic carbocycles. The maximum absolute atomic E-state index is 13.5. The SMILES string of the molecule is CCN(CC)C(=O)N(C)C(=O)C1CCC2C3CCC4=CC(=O)CC[C@]4(C)C3CC[C@]12C. The third kappa shape index (κ3) is 3.38. The van der Waals surface area contributed by atoms with Gasteiger partial charge in [-0.05, 0) is 93.5 Å². The number of carbonyl (C=O) groups is 3. The zero-order valence-electron chi connectivity index (χ0n) is 20.1. The van der Waals surface area contributed by atoms with Gasteiger partial charge in [-0.1, -0.05) is 19.4 Å². The zero-order chi connectivity index (χ0) is 22.6. The molecule has 0 aliphatic heterocycles. The van der Waals surface area contributed by atoms with Crippen LogP contribution in [-0.4, -0.2) is 47.7 Å². The van der Waals surface area contributed by atoms with E-state index in [1.165, 1.54) is 10.5 Å². The van der Waals surface area contributed by atoms with Gasteiger partial charge in [0, 0.05) is 32.5 Å². The summed E-state index contributed by atoms with van der Waals surface area (Å²) in [7, 11) is 1.67. The Morgan fingerprint density at radius 3 is 2.39 bits per heavy atom. The van der Waals surface area contributed by atoms with Crippen LogP contribution in [0.2, 0.25) is 0 Å². The van der Waals surface area contributed by atoms with Crippen LogP contribution in [0.1, 0.15) is 79.1 Å². The number of amides is 3. The average Bonchev–Trinajstić information content (AvgIpc) is 3.11. The second-order valence-corrected chi connectivity index (χ2v) is 11.0. The smallest absolute Gasteiger partial charge is 0.325 e. The van der Waals surface area contributed by atoms with Crippen LogP contribution in [0.15, 0.2) is 11.6 Å². The van der Waals surface area contributed by atoms with Crippen molar-refractivity contribution in [2.24, 2.45) is 34.5 Å². The van der Waals surface area contributed by atoms with E-state index in [0.717, 1.165) is 44.9 Å². The molecule has 4 aliphatic rings. The number of rotatable bonds is 3. The molecule has 0 aromatic heterocycles. The predicted molar refractivity (Wildman–Crippen MR) is 121 cm³/mol. The zero-order valence-corrected chi connectivity index (χ0v) is 20.1. The van der Waals surface area contributed by atoms with E-state index in [9.17, 15) is 14.4 Å². The summed E-state index contributed by atoms with van der Waals surface area (Å²) in [6.07, 6.45) is 10.0. The summed E-state index contributed by atoms with van der Waals surface area (Å²) in [6, 6.07) is -0.164. The maximum Gasteiger partial charge on any atom is 0.326 e. The highest BCUT2D eigenvalue weighted by Gasteiger charge is 2.60. The van der Waals surface area contributed by atoms with E-state index in [1.807, 2.05) is 19.9 Å². The number of ketones is 1. The van der Waals surface area contributed by atoms with Gasteiger partial charge < -0.3 is 4.90 Å². The number of fused-ring (bicyclic) bond motifs is 5. The molecule has 0 aromatic rings. The Kier molecular flexibility index (Phi) is 5.85. The highest BCUT2D eigenvalue weighted by Crippen LogP contribution is 2.66. The minimum atomic E-state index is -0.164. The van der Waals surface area contributed by atoms with Crippen molar-refractivity contribution >= 4 is 17.7 Å². The van der Waals surface area contributed by atoms with Crippen LogP contribution in [-0.2, 0) is 9.59 Å². The highest BCUT2D eigenvalue weighted by atomic mass is 16.2. The second-order valence-electron chi connectivity index (χ2n) is 11.0. The van der Waals surface area contributed by atoms with Gasteiger partial charge in [0.05, 0.1) is 0 Å². The molecule has 3 saturated carbocycles. The molecule has 4 aliphatic carbocycles. The summed E-state index contributed by atoms with van der Waals surface area (Å²) >= 11 is 0. The van der Waals surface area contributed by atoms with Crippen LogP contribution in [0, 0.1) is 34.5 Å². The van der Waals surface area contributed by atoms with E-state index in [4.69, 9.17) is 0 Å². The molecule has 6 atom stereocenters. The van der Waals surface area contributed by atoms with E-state index in [2.05, 4.69) is 13.8 Å². The molecule has 0 N–H and O–H groups in total. The molecule has 0 bridgehead atoms. The summed E-state index contributed by atoms with van der Waals surface area (Å²) in [4.78, 5) is 41.5. The lowest BCUT2D eigenvalue weighted by molar-refractivity contribution is -0.139. The fourth-order valence-electron chi connectivity index (χ4n) is 8.00. The molecule has 0 saturated heterocycles. The van der Waals surface area contributed by atoms with Crippen molar-refractivity contribution in [3.63, 3.8) is 0 Å². The van der Waals surface area contributed by atoms with Gasteiger partial charge in [0.15, 0.2) is 5.78 Å². The van der Waals surface area contributed by atoms with Crippen LogP contribution in [0.3, 0.4) is 0 Å². The normalized spacial score (nSPS) is 39.1. The lowest BCUT2D eigenvalue weighted by Crippen LogP contribution is -2.53. The molecule has 5 nitrogen and oxygen atoms in total. The Hall–Kier alpha value is -1.65. The quantitative estimate of drug-likeness (QED) is 0.632. The largest absolute Gasteiger partial charge is 0.326 e. The minimum absolute atomic E-state index is 0.0158. The van der Waals surface area contributed by atoms with Crippen molar-refractivity contribution in [2.45, 2.75) is 79.1 Å². The van der Waals surface area contributed by atoms with E-state index in [0.29, 0.717) is 43.0 Å². The van der Waals surface area contributed by atoms with Crippen LogP contribution in [0.5, 0.6) is 0 Å². The molecule has 3 fully saturated rings. The molecule has 31 heavy (non-hydrogen) atoms. The lowest BCUT2D eigenvalue weighted by Gasteiger charge is -2.58. The molecule has 0 spiro atoms. The second kappa shape index (κ2) is 8.04. The summed E-state index contributed by atoms with van der Waals surface area (Å²) in [5, 5.41) is 0. The molecule has 3 amide bonds. The van der Waals surface area contributed by atoms with Gasteiger partial charge in [-0.15, -0.1) is 0 Å². The monoisotopic (exact) mass is 428 g/mol. The maximum atomic E-state index is 13.5. The Bertz CT molecular complexity index is 800. The molecule has 0 radical (unpaired) electrons. The highest BCUT2D eigenvalue weighted by molar-refractivity contribution is 5.95.